The van der Waals surface area contributed by atoms with E-state index in [4.69, 9.17) is 9.84 Å². The average Bonchev–Trinajstić information content (AvgIpc) is 2.82. The highest BCUT2D eigenvalue weighted by Gasteiger charge is 2.19. The Labute approximate surface area is 103 Å². The number of carboxylic acids is 1. The fourth-order valence-electron chi connectivity index (χ4n) is 1.67. The molecule has 1 atom stereocenters. The number of urea groups is 1. The van der Waals surface area contributed by atoms with E-state index in [1.165, 1.54) is 18.5 Å². The van der Waals surface area contributed by atoms with E-state index >= 15 is 0 Å². The zero-order valence-electron chi connectivity index (χ0n) is 9.55. The zero-order chi connectivity index (χ0) is 13.0. The molecule has 2 rings (SSSR count). The van der Waals surface area contributed by atoms with Gasteiger partial charge in [-0.2, -0.15) is 0 Å². The van der Waals surface area contributed by atoms with Gasteiger partial charge in [0.1, 0.15) is 0 Å². The average molecular weight is 251 g/mol. The molecule has 0 aromatic carbocycles. The molecule has 1 aromatic rings. The molecule has 2 heterocycles. The van der Waals surface area contributed by atoms with Crippen molar-refractivity contribution in [2.24, 2.45) is 0 Å². The Morgan fingerprint density at radius 1 is 1.50 bits per heavy atom. The molecule has 2 amide bonds. The van der Waals surface area contributed by atoms with E-state index in [2.05, 4.69) is 15.6 Å². The molecule has 1 aliphatic rings. The van der Waals surface area contributed by atoms with Gasteiger partial charge in [-0.15, -0.1) is 0 Å². The second kappa shape index (κ2) is 5.46. The Morgan fingerprint density at radius 3 is 3.00 bits per heavy atom. The Bertz CT molecular complexity index is 457. The third-order valence-electron chi connectivity index (χ3n) is 2.56. The first kappa shape index (κ1) is 12.3. The van der Waals surface area contributed by atoms with Crippen molar-refractivity contribution in [3.05, 3.63) is 24.0 Å². The number of hydrogen-bond acceptors (Lipinski definition) is 4. The number of carbonyl (C=O) groups excluding carboxylic acids is 1. The van der Waals surface area contributed by atoms with E-state index in [-0.39, 0.29) is 17.3 Å². The zero-order valence-corrected chi connectivity index (χ0v) is 9.55. The number of nitrogens with zero attached hydrogens (tertiary/aromatic N) is 1. The largest absolute Gasteiger partial charge is 0.478 e. The van der Waals surface area contributed by atoms with Crippen LogP contribution in [0.5, 0.6) is 0 Å². The predicted molar refractivity (Wildman–Crippen MR) is 62.6 cm³/mol. The first-order valence-electron chi connectivity index (χ1n) is 5.49. The minimum absolute atomic E-state index is 0.00261. The molecule has 18 heavy (non-hydrogen) atoms. The number of anilines is 1. The molecule has 1 unspecified atom stereocenters. The highest BCUT2D eigenvalue weighted by molar-refractivity contribution is 5.99. The topological polar surface area (TPSA) is 101 Å². The maximum atomic E-state index is 11.6. The predicted octanol–water partition coefficient (Wildman–Crippen LogP) is 0.690. The van der Waals surface area contributed by atoms with Crippen LogP contribution >= 0.6 is 0 Å². The maximum Gasteiger partial charge on any atom is 0.337 e. The van der Waals surface area contributed by atoms with Crippen molar-refractivity contribution in [1.82, 2.24) is 10.3 Å². The van der Waals surface area contributed by atoms with Crippen LogP contribution in [0.15, 0.2) is 18.5 Å². The number of ether oxygens (including phenoxy) is 1. The van der Waals surface area contributed by atoms with Crippen LogP contribution in [0.25, 0.3) is 0 Å². The number of aromatic nitrogens is 1. The quantitative estimate of drug-likeness (QED) is 0.733. The smallest absolute Gasteiger partial charge is 0.337 e. The Kier molecular flexibility index (Phi) is 3.73. The summed E-state index contributed by atoms with van der Waals surface area (Å²) in [5.74, 6) is -1.11. The molecule has 1 saturated heterocycles. The van der Waals surface area contributed by atoms with E-state index in [1.54, 1.807) is 0 Å². The lowest BCUT2D eigenvalue weighted by Gasteiger charge is -2.12. The summed E-state index contributed by atoms with van der Waals surface area (Å²) in [6, 6.07) is 0.840. The minimum Gasteiger partial charge on any atom is -0.478 e. The third kappa shape index (κ3) is 2.95. The van der Waals surface area contributed by atoms with E-state index in [1.807, 2.05) is 0 Å². The second-order valence-electron chi connectivity index (χ2n) is 3.89. The van der Waals surface area contributed by atoms with Gasteiger partial charge in [0.15, 0.2) is 0 Å². The molecule has 7 nitrogen and oxygen atoms in total. The molecular weight excluding hydrogens is 238 g/mol. The second-order valence-corrected chi connectivity index (χ2v) is 3.89. The van der Waals surface area contributed by atoms with Gasteiger partial charge in [-0.1, -0.05) is 0 Å². The maximum absolute atomic E-state index is 11.6. The summed E-state index contributed by atoms with van der Waals surface area (Å²) >= 11 is 0. The van der Waals surface area contributed by atoms with Crippen LogP contribution in [0.2, 0.25) is 0 Å². The Hall–Kier alpha value is -2.15. The van der Waals surface area contributed by atoms with Crippen molar-refractivity contribution < 1.29 is 19.4 Å². The van der Waals surface area contributed by atoms with Gasteiger partial charge < -0.3 is 20.5 Å². The number of carboxylic acid groups (broad SMARTS) is 1. The molecule has 0 spiro atoms. The number of amides is 2. The molecule has 7 heteroatoms. The van der Waals surface area contributed by atoms with Crippen molar-refractivity contribution in [3.63, 3.8) is 0 Å². The highest BCUT2D eigenvalue weighted by Crippen LogP contribution is 2.13. The monoisotopic (exact) mass is 251 g/mol. The Balaban J connectivity index is 2.00. The molecule has 1 aromatic heterocycles. The number of pyridine rings is 1. The summed E-state index contributed by atoms with van der Waals surface area (Å²) in [7, 11) is 0. The van der Waals surface area contributed by atoms with Gasteiger partial charge in [-0.3, -0.25) is 4.98 Å². The number of rotatable bonds is 3. The van der Waals surface area contributed by atoms with Crippen LogP contribution in [0.4, 0.5) is 10.5 Å². The van der Waals surface area contributed by atoms with Gasteiger partial charge in [0.05, 0.1) is 30.1 Å². The minimum atomic E-state index is -1.11. The normalized spacial score (nSPS) is 18.3. The molecule has 0 saturated carbocycles. The lowest BCUT2D eigenvalue weighted by atomic mass is 10.2. The van der Waals surface area contributed by atoms with Gasteiger partial charge in [-0.05, 0) is 12.5 Å². The van der Waals surface area contributed by atoms with E-state index in [0.29, 0.717) is 13.2 Å². The van der Waals surface area contributed by atoms with Gasteiger partial charge in [-0.25, -0.2) is 9.59 Å². The number of aromatic carboxylic acids is 1. The standard InChI is InChI=1S/C11H13N3O4/c15-10(16)8-1-3-12-5-9(8)14-11(17)13-7-2-4-18-6-7/h1,3,5,7H,2,4,6H2,(H,15,16)(H2,13,14,17). The molecule has 0 aliphatic carbocycles. The molecular formula is C11H13N3O4. The number of hydrogen-bond donors (Lipinski definition) is 3. The van der Waals surface area contributed by atoms with E-state index in [0.717, 1.165) is 6.42 Å². The molecule has 1 aliphatic heterocycles. The number of carbonyl (C=O) groups is 2. The van der Waals surface area contributed by atoms with Gasteiger partial charge >= 0.3 is 12.0 Å². The summed E-state index contributed by atoms with van der Waals surface area (Å²) in [5, 5.41) is 14.1. The molecule has 0 radical (unpaired) electrons. The van der Waals surface area contributed by atoms with Crippen molar-refractivity contribution in [3.8, 4) is 0 Å². The number of nitrogens with one attached hydrogen (secondary N) is 2. The van der Waals surface area contributed by atoms with Crippen molar-refractivity contribution >= 4 is 17.7 Å². The van der Waals surface area contributed by atoms with Crippen LogP contribution in [0, 0.1) is 0 Å². The molecule has 96 valence electrons. The third-order valence-corrected chi connectivity index (χ3v) is 2.56. The van der Waals surface area contributed by atoms with Crippen LogP contribution in [0.3, 0.4) is 0 Å². The van der Waals surface area contributed by atoms with Crippen LogP contribution in [-0.4, -0.2) is 41.3 Å². The summed E-state index contributed by atoms with van der Waals surface area (Å²) in [5.41, 5.74) is 0.171. The molecule has 1 fully saturated rings. The van der Waals surface area contributed by atoms with Crippen molar-refractivity contribution in [2.75, 3.05) is 18.5 Å². The van der Waals surface area contributed by atoms with Gasteiger partial charge in [0.25, 0.3) is 0 Å². The van der Waals surface area contributed by atoms with Crippen molar-refractivity contribution in [2.45, 2.75) is 12.5 Å². The van der Waals surface area contributed by atoms with Gasteiger partial charge in [0, 0.05) is 12.8 Å². The van der Waals surface area contributed by atoms with E-state index < -0.39 is 12.0 Å². The van der Waals surface area contributed by atoms with Crippen LogP contribution in [0.1, 0.15) is 16.8 Å². The summed E-state index contributed by atoms with van der Waals surface area (Å²) in [4.78, 5) is 26.4. The molecule has 3 N–H and O–H groups in total. The van der Waals surface area contributed by atoms with Gasteiger partial charge in [0.2, 0.25) is 0 Å². The first-order valence-corrected chi connectivity index (χ1v) is 5.49. The fraction of sp³-hybridized carbons (Fsp3) is 0.364. The highest BCUT2D eigenvalue weighted by atomic mass is 16.5. The SMILES string of the molecule is O=C(Nc1cnccc1C(=O)O)NC1CCOC1. The lowest BCUT2D eigenvalue weighted by Crippen LogP contribution is -2.38. The molecule has 0 bridgehead atoms. The summed E-state index contributed by atoms with van der Waals surface area (Å²) in [6.07, 6.45) is 3.41. The van der Waals surface area contributed by atoms with Crippen LogP contribution in [-0.2, 0) is 4.74 Å². The summed E-state index contributed by atoms with van der Waals surface area (Å²) in [6.45, 7) is 1.10. The fourth-order valence-corrected chi connectivity index (χ4v) is 1.67. The first-order chi connectivity index (χ1) is 8.66. The van der Waals surface area contributed by atoms with E-state index in [9.17, 15) is 9.59 Å². The van der Waals surface area contributed by atoms with Crippen molar-refractivity contribution in [1.29, 1.82) is 0 Å². The lowest BCUT2D eigenvalue weighted by molar-refractivity contribution is 0.0698. The van der Waals surface area contributed by atoms with Crippen LogP contribution < -0.4 is 10.6 Å². The Morgan fingerprint density at radius 2 is 2.33 bits per heavy atom. The summed E-state index contributed by atoms with van der Waals surface area (Å²) < 4.78 is 5.12.